The van der Waals surface area contributed by atoms with Gasteiger partial charge in [0.15, 0.2) is 6.17 Å². The first-order valence-electron chi connectivity index (χ1n) is 7.11. The standard InChI is InChI=1S/C14H20N2O4S/c1-3-10-21(17,18)16-9-8-14(19-2)13(16)15-11-6-4-5-7-12(11)20-14/h4-7,13,15H,3,8-10H2,1-2H3/t13-,14+/m0/s1. The van der Waals surface area contributed by atoms with Crippen LogP contribution >= 0.6 is 0 Å². The van der Waals surface area contributed by atoms with Crippen molar-refractivity contribution in [2.75, 3.05) is 24.7 Å². The number of sulfonamides is 1. The third kappa shape index (κ3) is 2.29. The highest BCUT2D eigenvalue weighted by Gasteiger charge is 2.56. The van der Waals surface area contributed by atoms with Crippen LogP contribution in [-0.4, -0.2) is 44.1 Å². The molecule has 1 N–H and O–H groups in total. The second-order valence-electron chi connectivity index (χ2n) is 5.34. The van der Waals surface area contributed by atoms with Gasteiger partial charge in [-0.2, -0.15) is 4.31 Å². The molecule has 1 saturated heterocycles. The highest BCUT2D eigenvalue weighted by atomic mass is 32.2. The molecule has 21 heavy (non-hydrogen) atoms. The molecule has 0 aliphatic carbocycles. The molecule has 3 rings (SSSR count). The van der Waals surface area contributed by atoms with Crippen LogP contribution in [0.1, 0.15) is 19.8 Å². The zero-order chi connectivity index (χ0) is 15.1. The monoisotopic (exact) mass is 312 g/mol. The van der Waals surface area contributed by atoms with Gasteiger partial charge in [-0.05, 0) is 18.6 Å². The summed E-state index contributed by atoms with van der Waals surface area (Å²) < 4.78 is 37.9. The molecule has 0 spiro atoms. The maximum atomic E-state index is 12.4. The van der Waals surface area contributed by atoms with Crippen molar-refractivity contribution < 1.29 is 17.9 Å². The predicted octanol–water partition coefficient (Wildman–Crippen LogP) is 1.61. The third-order valence-corrected chi connectivity index (χ3v) is 6.04. The number of hydrogen-bond acceptors (Lipinski definition) is 5. The van der Waals surface area contributed by atoms with Crippen LogP contribution in [0, 0.1) is 0 Å². The smallest absolute Gasteiger partial charge is 0.246 e. The molecule has 0 radical (unpaired) electrons. The van der Waals surface area contributed by atoms with E-state index in [2.05, 4.69) is 5.32 Å². The Balaban J connectivity index is 1.98. The summed E-state index contributed by atoms with van der Waals surface area (Å²) in [7, 11) is -1.77. The molecule has 0 saturated carbocycles. The molecule has 1 aromatic carbocycles. The van der Waals surface area contributed by atoms with E-state index in [1.165, 1.54) is 4.31 Å². The summed E-state index contributed by atoms with van der Waals surface area (Å²) in [5.41, 5.74) is 0.786. The zero-order valence-electron chi connectivity index (χ0n) is 12.2. The molecule has 2 aliphatic rings. The highest BCUT2D eigenvalue weighted by molar-refractivity contribution is 7.89. The Morgan fingerprint density at radius 1 is 1.48 bits per heavy atom. The van der Waals surface area contributed by atoms with E-state index >= 15 is 0 Å². The quantitative estimate of drug-likeness (QED) is 0.915. The van der Waals surface area contributed by atoms with E-state index < -0.39 is 22.0 Å². The lowest BCUT2D eigenvalue weighted by atomic mass is 10.1. The Morgan fingerprint density at radius 2 is 2.24 bits per heavy atom. The van der Waals surface area contributed by atoms with E-state index in [0.29, 0.717) is 25.1 Å². The second-order valence-corrected chi connectivity index (χ2v) is 7.38. The van der Waals surface area contributed by atoms with E-state index in [1.807, 2.05) is 31.2 Å². The molecule has 1 aromatic rings. The van der Waals surface area contributed by atoms with Crippen LogP contribution < -0.4 is 10.1 Å². The normalized spacial score (nSPS) is 28.4. The Kier molecular flexibility index (Phi) is 3.59. The van der Waals surface area contributed by atoms with Crippen LogP contribution in [0.2, 0.25) is 0 Å². The fraction of sp³-hybridized carbons (Fsp3) is 0.571. The molecule has 2 atom stereocenters. The van der Waals surface area contributed by atoms with Gasteiger partial charge in [0.05, 0.1) is 11.4 Å². The molecule has 116 valence electrons. The summed E-state index contributed by atoms with van der Waals surface area (Å²) in [6.07, 6.45) is 0.551. The molecule has 0 bridgehead atoms. The van der Waals surface area contributed by atoms with E-state index in [1.54, 1.807) is 7.11 Å². The number of rotatable bonds is 4. The van der Waals surface area contributed by atoms with Gasteiger partial charge in [-0.25, -0.2) is 8.42 Å². The van der Waals surface area contributed by atoms with Crippen molar-refractivity contribution >= 4 is 15.7 Å². The van der Waals surface area contributed by atoms with Crippen LogP contribution in [0.15, 0.2) is 24.3 Å². The Morgan fingerprint density at radius 3 is 2.95 bits per heavy atom. The average molecular weight is 312 g/mol. The van der Waals surface area contributed by atoms with Gasteiger partial charge in [0, 0.05) is 20.1 Å². The lowest BCUT2D eigenvalue weighted by molar-refractivity contribution is -0.173. The largest absolute Gasteiger partial charge is 0.456 e. The van der Waals surface area contributed by atoms with Crippen LogP contribution in [0.5, 0.6) is 5.75 Å². The minimum absolute atomic E-state index is 0.132. The van der Waals surface area contributed by atoms with E-state index in [-0.39, 0.29) is 5.75 Å². The number of nitrogens with one attached hydrogen (secondary N) is 1. The van der Waals surface area contributed by atoms with Gasteiger partial charge in [0.25, 0.3) is 0 Å². The number of nitrogens with zero attached hydrogens (tertiary/aromatic N) is 1. The topological polar surface area (TPSA) is 67.9 Å². The van der Waals surface area contributed by atoms with E-state index in [0.717, 1.165) is 5.69 Å². The first-order valence-corrected chi connectivity index (χ1v) is 8.72. The minimum atomic E-state index is -3.32. The number of anilines is 1. The van der Waals surface area contributed by atoms with Crippen molar-refractivity contribution in [2.45, 2.75) is 31.7 Å². The number of fused-ring (bicyclic) bond motifs is 2. The van der Waals surface area contributed by atoms with Crippen LogP contribution in [0.4, 0.5) is 5.69 Å². The first-order chi connectivity index (χ1) is 10.0. The Bertz CT molecular complexity index is 634. The van der Waals surface area contributed by atoms with Crippen molar-refractivity contribution in [3.8, 4) is 5.75 Å². The molecule has 0 amide bonds. The van der Waals surface area contributed by atoms with Crippen molar-refractivity contribution in [3.05, 3.63) is 24.3 Å². The minimum Gasteiger partial charge on any atom is -0.456 e. The molecule has 1 fully saturated rings. The Hall–Kier alpha value is -1.31. The van der Waals surface area contributed by atoms with Crippen LogP contribution in [0.3, 0.4) is 0 Å². The van der Waals surface area contributed by atoms with Gasteiger partial charge in [0.2, 0.25) is 15.8 Å². The predicted molar refractivity (Wildman–Crippen MR) is 79.6 cm³/mol. The van der Waals surface area contributed by atoms with Crippen molar-refractivity contribution in [2.24, 2.45) is 0 Å². The number of methoxy groups -OCH3 is 1. The molecular weight excluding hydrogens is 292 g/mol. The van der Waals surface area contributed by atoms with E-state index in [9.17, 15) is 8.42 Å². The summed E-state index contributed by atoms with van der Waals surface area (Å²) >= 11 is 0. The van der Waals surface area contributed by atoms with Crippen molar-refractivity contribution in [3.63, 3.8) is 0 Å². The van der Waals surface area contributed by atoms with Gasteiger partial charge in [0.1, 0.15) is 5.75 Å². The molecule has 7 heteroatoms. The van der Waals surface area contributed by atoms with Gasteiger partial charge in [-0.1, -0.05) is 19.1 Å². The number of hydrogen-bond donors (Lipinski definition) is 1. The third-order valence-electron chi connectivity index (χ3n) is 4.01. The van der Waals surface area contributed by atoms with Crippen LogP contribution in [0.25, 0.3) is 0 Å². The van der Waals surface area contributed by atoms with Crippen molar-refractivity contribution in [1.29, 1.82) is 0 Å². The molecule has 2 aliphatic heterocycles. The Labute approximate surface area is 125 Å². The summed E-state index contributed by atoms with van der Waals surface area (Å²) in [4.78, 5) is 0. The molecule has 6 nitrogen and oxygen atoms in total. The van der Waals surface area contributed by atoms with Gasteiger partial charge in [-0.3, -0.25) is 0 Å². The SMILES string of the molecule is CCCS(=O)(=O)N1CC[C@@]2(OC)Oc3ccccc3N[C@@H]12. The lowest BCUT2D eigenvalue weighted by Crippen LogP contribution is -2.58. The average Bonchev–Trinajstić information content (AvgIpc) is 2.84. The highest BCUT2D eigenvalue weighted by Crippen LogP contribution is 2.43. The fourth-order valence-corrected chi connectivity index (χ4v) is 4.63. The summed E-state index contributed by atoms with van der Waals surface area (Å²) in [5.74, 6) is -0.146. The van der Waals surface area contributed by atoms with Gasteiger partial charge < -0.3 is 14.8 Å². The van der Waals surface area contributed by atoms with Gasteiger partial charge >= 0.3 is 0 Å². The summed E-state index contributed by atoms with van der Waals surface area (Å²) in [6.45, 7) is 2.25. The fourth-order valence-electron chi connectivity index (χ4n) is 2.98. The maximum Gasteiger partial charge on any atom is 0.246 e. The first kappa shape index (κ1) is 14.6. The summed E-state index contributed by atoms with van der Waals surface area (Å²) in [6, 6.07) is 7.49. The molecule has 0 unspecified atom stereocenters. The number of para-hydroxylation sites is 2. The van der Waals surface area contributed by atoms with Crippen LogP contribution in [-0.2, 0) is 14.8 Å². The van der Waals surface area contributed by atoms with Gasteiger partial charge in [-0.15, -0.1) is 0 Å². The van der Waals surface area contributed by atoms with E-state index in [4.69, 9.17) is 9.47 Å². The summed E-state index contributed by atoms with van der Waals surface area (Å²) in [5, 5.41) is 3.26. The van der Waals surface area contributed by atoms with Crippen molar-refractivity contribution in [1.82, 2.24) is 4.31 Å². The maximum absolute atomic E-state index is 12.4. The lowest BCUT2D eigenvalue weighted by Gasteiger charge is -2.41. The molecule has 0 aromatic heterocycles. The molecular formula is C14H20N2O4S. The second kappa shape index (κ2) is 5.15. The molecule has 2 heterocycles. The zero-order valence-corrected chi connectivity index (χ0v) is 13.0. The number of benzene rings is 1. The number of ether oxygens (including phenoxy) is 2.